The van der Waals surface area contributed by atoms with Crippen LogP contribution in [0, 0.1) is 0 Å². The van der Waals surface area contributed by atoms with Gasteiger partial charge in [-0.3, -0.25) is 4.98 Å². The Balaban J connectivity index is 1.93. The number of halogens is 1. The Hall–Kier alpha value is -2.71. The first-order valence-electron chi connectivity index (χ1n) is 8.85. The Morgan fingerprint density at radius 3 is 2.72 bits per heavy atom. The number of aliphatic hydroxyl groups excluding tert-OH is 1. The molecule has 3 aromatic heterocycles. The fraction of sp³-hybridized carbons (Fsp3) is 0.143. The molecule has 0 radical (unpaired) electrons. The molecule has 1 atom stereocenters. The molecule has 6 N–H and O–H groups in total. The van der Waals surface area contributed by atoms with Crippen molar-refractivity contribution >= 4 is 44.5 Å². The lowest BCUT2D eigenvalue weighted by atomic mass is 9.96. The fourth-order valence-corrected chi connectivity index (χ4v) is 4.64. The second-order valence-corrected chi connectivity index (χ2v) is 8.38. The molecule has 4 rings (SSSR count). The van der Waals surface area contributed by atoms with Crippen molar-refractivity contribution in [2.24, 2.45) is 0 Å². The number of nitrogens with zero attached hydrogens (tertiary/aromatic N) is 2. The van der Waals surface area contributed by atoms with Crippen LogP contribution in [0.3, 0.4) is 0 Å². The number of benzene rings is 1. The molecule has 4 aromatic rings. The highest BCUT2D eigenvalue weighted by Crippen LogP contribution is 2.45. The number of rotatable bonds is 4. The third kappa shape index (κ3) is 3.42. The first-order chi connectivity index (χ1) is 13.8. The summed E-state index contributed by atoms with van der Waals surface area (Å²) in [5.74, 6) is 0.363. The minimum absolute atomic E-state index is 0.363. The number of nitrogens with two attached hydrogens (primary N) is 2. The lowest BCUT2D eigenvalue weighted by molar-refractivity contribution is -0.00230. The summed E-state index contributed by atoms with van der Waals surface area (Å²) in [6.07, 6.45) is 1.61. The van der Waals surface area contributed by atoms with Crippen LogP contribution >= 0.6 is 22.9 Å². The van der Waals surface area contributed by atoms with Crippen LogP contribution in [0.15, 0.2) is 48.7 Å². The number of hydrogen-bond donors (Lipinski definition) is 4. The van der Waals surface area contributed by atoms with Crippen LogP contribution in [0.5, 0.6) is 0 Å². The molecule has 0 aliphatic heterocycles. The van der Waals surface area contributed by atoms with Gasteiger partial charge in [-0.05, 0) is 36.8 Å². The number of nitrogen functional groups attached to an aromatic ring is 2. The average molecular weight is 427 g/mol. The van der Waals surface area contributed by atoms with E-state index in [1.165, 1.54) is 11.3 Å². The molecule has 0 aliphatic rings. The third-order valence-electron chi connectivity index (χ3n) is 4.80. The number of aliphatic hydroxyl groups is 2. The molecule has 3 heterocycles. The van der Waals surface area contributed by atoms with Gasteiger partial charge in [0.05, 0.1) is 27.9 Å². The molecule has 0 unspecified atom stereocenters. The lowest BCUT2D eigenvalue weighted by Crippen LogP contribution is -2.25. The Bertz CT molecular complexity index is 1220. The van der Waals surface area contributed by atoms with Crippen molar-refractivity contribution in [3.63, 3.8) is 0 Å². The van der Waals surface area contributed by atoms with Gasteiger partial charge in [-0.2, -0.15) is 0 Å². The summed E-state index contributed by atoms with van der Waals surface area (Å²) in [5, 5.41) is 21.2. The number of anilines is 2. The Morgan fingerprint density at radius 1 is 1.17 bits per heavy atom. The molecule has 0 fully saturated rings. The van der Waals surface area contributed by atoms with Crippen LogP contribution in [-0.4, -0.2) is 26.8 Å². The van der Waals surface area contributed by atoms with Crippen molar-refractivity contribution < 1.29 is 10.2 Å². The maximum absolute atomic E-state index is 10.4. The van der Waals surface area contributed by atoms with E-state index in [-0.39, 0.29) is 0 Å². The maximum atomic E-state index is 10.4. The molecule has 1 aromatic carbocycles. The van der Waals surface area contributed by atoms with Crippen molar-refractivity contribution in [2.45, 2.75) is 12.5 Å². The highest BCUT2D eigenvalue weighted by molar-refractivity contribution is 7.23. The number of hydrogen-bond acceptors (Lipinski definition) is 7. The molecule has 0 saturated heterocycles. The highest BCUT2D eigenvalue weighted by atomic mass is 35.5. The van der Waals surface area contributed by atoms with Crippen molar-refractivity contribution in [3.05, 3.63) is 59.2 Å². The third-order valence-corrected chi connectivity index (χ3v) is 6.37. The molecule has 8 heteroatoms. The van der Waals surface area contributed by atoms with Crippen molar-refractivity contribution in [3.8, 4) is 21.8 Å². The monoisotopic (exact) mass is 426 g/mol. The number of pyridine rings is 2. The number of thiophene rings is 1. The number of aromatic nitrogens is 2. The van der Waals surface area contributed by atoms with E-state index in [4.69, 9.17) is 23.1 Å². The topological polar surface area (TPSA) is 118 Å². The standard InChI is InChI=1S/C21H19ClN4O2S/c1-21(28,10-27)11-7-8-25-15(9-11)12-3-2-4-13-17(24)20(29-19(12)13)18-14(22)5-6-16(23)26-18/h2-9,27-28H,10,24H2,1H3,(H2,23,26)/t21-/m1/s1. The SMILES string of the molecule is C[C@@](O)(CO)c1ccnc(-c2cccc3c(N)c(-c4nc(N)ccc4Cl)sc23)c1. The van der Waals surface area contributed by atoms with Gasteiger partial charge in [-0.15, -0.1) is 11.3 Å². The zero-order valence-electron chi connectivity index (χ0n) is 15.6. The van der Waals surface area contributed by atoms with Crippen molar-refractivity contribution in [1.29, 1.82) is 0 Å². The van der Waals surface area contributed by atoms with Gasteiger partial charge in [0.25, 0.3) is 0 Å². The Morgan fingerprint density at radius 2 is 1.97 bits per heavy atom. The summed E-state index contributed by atoms with van der Waals surface area (Å²) in [6, 6.07) is 12.6. The van der Waals surface area contributed by atoms with E-state index in [1.807, 2.05) is 18.2 Å². The number of fused-ring (bicyclic) bond motifs is 1. The zero-order valence-corrected chi connectivity index (χ0v) is 17.1. The van der Waals surface area contributed by atoms with Crippen molar-refractivity contribution in [1.82, 2.24) is 9.97 Å². The van der Waals surface area contributed by atoms with Gasteiger partial charge in [0.2, 0.25) is 0 Å². The first kappa shape index (κ1) is 19.6. The van der Waals surface area contributed by atoms with Gasteiger partial charge in [0.1, 0.15) is 17.1 Å². The molecule has 0 amide bonds. The van der Waals surface area contributed by atoms with Crippen LogP contribution < -0.4 is 11.5 Å². The van der Waals surface area contributed by atoms with Crippen LogP contribution in [0.2, 0.25) is 5.02 Å². The van der Waals surface area contributed by atoms with Gasteiger partial charge in [0.15, 0.2) is 0 Å². The quantitative estimate of drug-likeness (QED) is 0.391. The second kappa shape index (κ2) is 7.27. The molecule has 6 nitrogen and oxygen atoms in total. The lowest BCUT2D eigenvalue weighted by Gasteiger charge is -2.21. The fourth-order valence-electron chi connectivity index (χ4n) is 3.14. The van der Waals surface area contributed by atoms with Crippen LogP contribution in [0.1, 0.15) is 12.5 Å². The normalized spacial score (nSPS) is 13.5. The summed E-state index contributed by atoms with van der Waals surface area (Å²) in [6.45, 7) is 1.16. The summed E-state index contributed by atoms with van der Waals surface area (Å²) in [4.78, 5) is 9.56. The van der Waals surface area contributed by atoms with E-state index in [1.54, 1.807) is 37.4 Å². The van der Waals surface area contributed by atoms with E-state index in [2.05, 4.69) is 9.97 Å². The van der Waals surface area contributed by atoms with Crippen LogP contribution in [0.4, 0.5) is 11.5 Å². The first-order valence-corrected chi connectivity index (χ1v) is 10.0. The van der Waals surface area contributed by atoms with E-state index in [0.29, 0.717) is 33.5 Å². The minimum Gasteiger partial charge on any atom is -0.397 e. The predicted octanol–water partition coefficient (Wildman–Crippen LogP) is 4.04. The second-order valence-electron chi connectivity index (χ2n) is 6.96. The van der Waals surface area contributed by atoms with Crippen LogP contribution in [-0.2, 0) is 5.60 Å². The largest absolute Gasteiger partial charge is 0.397 e. The molecule has 0 bridgehead atoms. The summed E-state index contributed by atoms with van der Waals surface area (Å²) in [5.41, 5.74) is 14.1. The molecule has 148 valence electrons. The van der Waals surface area contributed by atoms with Crippen LogP contribution in [0.25, 0.3) is 31.9 Å². The molecular weight excluding hydrogens is 408 g/mol. The molecule has 0 saturated carbocycles. The predicted molar refractivity (Wildman–Crippen MR) is 119 cm³/mol. The van der Waals surface area contributed by atoms with Gasteiger partial charge < -0.3 is 21.7 Å². The molecule has 0 spiro atoms. The van der Waals surface area contributed by atoms with E-state index in [0.717, 1.165) is 20.5 Å². The van der Waals surface area contributed by atoms with E-state index >= 15 is 0 Å². The molecule has 0 aliphatic carbocycles. The summed E-state index contributed by atoms with van der Waals surface area (Å²) in [7, 11) is 0. The van der Waals surface area contributed by atoms with Gasteiger partial charge in [0, 0.05) is 21.8 Å². The highest BCUT2D eigenvalue weighted by Gasteiger charge is 2.23. The van der Waals surface area contributed by atoms with Gasteiger partial charge >= 0.3 is 0 Å². The van der Waals surface area contributed by atoms with E-state index < -0.39 is 12.2 Å². The van der Waals surface area contributed by atoms with Crippen molar-refractivity contribution in [2.75, 3.05) is 18.1 Å². The Labute approximate surface area is 176 Å². The van der Waals surface area contributed by atoms with Gasteiger partial charge in [-0.25, -0.2) is 4.98 Å². The zero-order chi connectivity index (χ0) is 20.8. The molecule has 29 heavy (non-hydrogen) atoms. The Kier molecular flexibility index (Phi) is 4.92. The van der Waals surface area contributed by atoms with E-state index in [9.17, 15) is 10.2 Å². The summed E-state index contributed by atoms with van der Waals surface area (Å²) >= 11 is 7.80. The summed E-state index contributed by atoms with van der Waals surface area (Å²) < 4.78 is 0.925. The minimum atomic E-state index is -1.36. The van der Waals surface area contributed by atoms with Gasteiger partial charge in [-0.1, -0.05) is 29.8 Å². The maximum Gasteiger partial charge on any atom is 0.124 e. The molecular formula is C21H19ClN4O2S. The smallest absolute Gasteiger partial charge is 0.124 e. The average Bonchev–Trinajstić information content (AvgIpc) is 3.06.